The summed E-state index contributed by atoms with van der Waals surface area (Å²) < 4.78 is 0. The van der Waals surface area contributed by atoms with Crippen molar-refractivity contribution in [2.45, 2.75) is 31.5 Å². The van der Waals surface area contributed by atoms with Crippen molar-refractivity contribution < 1.29 is 9.63 Å². The molecule has 0 saturated heterocycles. The smallest absolute Gasteiger partial charge is 0.264 e. The minimum atomic E-state index is -0.472. The topological polar surface area (TPSA) is 92.3 Å². The molecule has 1 aromatic rings. The van der Waals surface area contributed by atoms with Crippen LogP contribution in [0.1, 0.15) is 19.2 Å². The molecule has 2 heterocycles. The summed E-state index contributed by atoms with van der Waals surface area (Å²) in [5.74, 6) is 1.38. The van der Waals surface area contributed by atoms with Gasteiger partial charge in [0, 0.05) is 18.7 Å². The van der Waals surface area contributed by atoms with Gasteiger partial charge < -0.3 is 10.2 Å². The predicted molar refractivity (Wildman–Crippen MR) is 67.5 cm³/mol. The lowest BCUT2D eigenvalue weighted by atomic mass is 10.2. The van der Waals surface area contributed by atoms with Gasteiger partial charge in [-0.3, -0.25) is 9.89 Å². The second-order valence-electron chi connectivity index (χ2n) is 3.97. The van der Waals surface area contributed by atoms with Crippen LogP contribution in [-0.2, 0) is 9.63 Å². The summed E-state index contributed by atoms with van der Waals surface area (Å²) in [6.07, 6.45) is 0.0970. The molecule has 1 amide bonds. The molecular weight excluding hydrogens is 254 g/mol. The van der Waals surface area contributed by atoms with E-state index in [2.05, 4.69) is 25.7 Å². The van der Waals surface area contributed by atoms with Crippen molar-refractivity contribution in [3.63, 3.8) is 0 Å². The summed E-state index contributed by atoms with van der Waals surface area (Å²) >= 11 is 1.49. The number of aromatic nitrogens is 3. The van der Waals surface area contributed by atoms with Crippen molar-refractivity contribution in [2.24, 2.45) is 5.16 Å². The van der Waals surface area contributed by atoms with Gasteiger partial charge in [-0.15, -0.1) is 5.10 Å². The highest BCUT2D eigenvalue weighted by atomic mass is 32.2. The zero-order valence-electron chi connectivity index (χ0n) is 10.3. The highest BCUT2D eigenvalue weighted by Crippen LogP contribution is 2.12. The standard InChI is InChI=1S/C10H15N5O2S/c1-6-5-8(17-15-6)9(16)11-3-4-18-10-12-7(2)13-14-10/h8H,3-5H2,1-2H3,(H,11,16)(H,12,13,14)/t8-/m0/s1. The van der Waals surface area contributed by atoms with Crippen LogP contribution in [0.2, 0.25) is 0 Å². The van der Waals surface area contributed by atoms with Gasteiger partial charge in [-0.25, -0.2) is 4.98 Å². The Labute approximate surface area is 109 Å². The summed E-state index contributed by atoms with van der Waals surface area (Å²) in [5, 5.41) is 14.0. The monoisotopic (exact) mass is 269 g/mol. The van der Waals surface area contributed by atoms with Crippen LogP contribution >= 0.6 is 11.8 Å². The van der Waals surface area contributed by atoms with Gasteiger partial charge in [0.2, 0.25) is 11.3 Å². The fourth-order valence-corrected chi connectivity index (χ4v) is 2.15. The molecule has 2 N–H and O–H groups in total. The first-order chi connectivity index (χ1) is 8.65. The molecule has 1 atom stereocenters. The Morgan fingerprint density at radius 3 is 3.06 bits per heavy atom. The van der Waals surface area contributed by atoms with Crippen LogP contribution in [0.3, 0.4) is 0 Å². The van der Waals surface area contributed by atoms with E-state index >= 15 is 0 Å². The van der Waals surface area contributed by atoms with Crippen molar-refractivity contribution in [1.82, 2.24) is 20.5 Å². The number of oxime groups is 1. The number of nitrogens with zero attached hydrogens (tertiary/aromatic N) is 3. The second-order valence-corrected chi connectivity index (χ2v) is 5.03. The normalized spacial score (nSPS) is 18.3. The lowest BCUT2D eigenvalue weighted by molar-refractivity contribution is -0.131. The summed E-state index contributed by atoms with van der Waals surface area (Å²) in [6, 6.07) is 0. The fourth-order valence-electron chi connectivity index (χ4n) is 1.45. The van der Waals surface area contributed by atoms with E-state index in [9.17, 15) is 4.79 Å². The fraction of sp³-hybridized carbons (Fsp3) is 0.600. The van der Waals surface area contributed by atoms with Gasteiger partial charge in [0.05, 0.1) is 5.71 Å². The first-order valence-electron chi connectivity index (χ1n) is 5.64. The van der Waals surface area contributed by atoms with Gasteiger partial charge in [0.15, 0.2) is 0 Å². The quantitative estimate of drug-likeness (QED) is 0.599. The minimum absolute atomic E-state index is 0.123. The van der Waals surface area contributed by atoms with Crippen LogP contribution in [0.4, 0.5) is 0 Å². The molecule has 0 aromatic carbocycles. The van der Waals surface area contributed by atoms with E-state index in [1.807, 2.05) is 13.8 Å². The number of carbonyl (C=O) groups is 1. The Morgan fingerprint density at radius 2 is 2.44 bits per heavy atom. The molecule has 0 radical (unpaired) electrons. The third kappa shape index (κ3) is 3.46. The molecule has 1 aromatic heterocycles. The molecule has 18 heavy (non-hydrogen) atoms. The third-order valence-electron chi connectivity index (χ3n) is 2.32. The maximum Gasteiger partial charge on any atom is 0.264 e. The second kappa shape index (κ2) is 5.85. The van der Waals surface area contributed by atoms with Crippen molar-refractivity contribution in [3.8, 4) is 0 Å². The van der Waals surface area contributed by atoms with E-state index in [0.29, 0.717) is 18.1 Å². The molecule has 7 nitrogen and oxygen atoms in total. The zero-order valence-corrected chi connectivity index (χ0v) is 11.1. The number of hydrogen-bond donors (Lipinski definition) is 2. The van der Waals surface area contributed by atoms with E-state index in [4.69, 9.17) is 4.84 Å². The highest BCUT2D eigenvalue weighted by Gasteiger charge is 2.25. The van der Waals surface area contributed by atoms with Crippen molar-refractivity contribution in [3.05, 3.63) is 5.82 Å². The molecule has 2 rings (SSSR count). The van der Waals surface area contributed by atoms with Gasteiger partial charge in [0.1, 0.15) is 5.82 Å². The molecule has 0 fully saturated rings. The number of amides is 1. The molecule has 0 unspecified atom stereocenters. The molecule has 0 spiro atoms. The number of nitrogens with one attached hydrogen (secondary N) is 2. The summed E-state index contributed by atoms with van der Waals surface area (Å²) in [7, 11) is 0. The largest absolute Gasteiger partial charge is 0.382 e. The molecular formula is C10H15N5O2S. The van der Waals surface area contributed by atoms with Crippen LogP contribution in [0.25, 0.3) is 0 Å². The lowest BCUT2D eigenvalue weighted by Crippen LogP contribution is -2.35. The van der Waals surface area contributed by atoms with E-state index < -0.39 is 6.10 Å². The Morgan fingerprint density at radius 1 is 1.61 bits per heavy atom. The van der Waals surface area contributed by atoms with E-state index in [-0.39, 0.29) is 5.91 Å². The number of hydrogen-bond acceptors (Lipinski definition) is 6. The van der Waals surface area contributed by atoms with Gasteiger partial charge >= 0.3 is 0 Å². The number of rotatable bonds is 5. The Balaban J connectivity index is 1.62. The summed E-state index contributed by atoms with van der Waals surface area (Å²) in [6.45, 7) is 4.24. The zero-order chi connectivity index (χ0) is 13.0. The SMILES string of the molecule is CC1=NO[C@H](C(=O)NCCSc2n[nH]c(C)n2)C1. The lowest BCUT2D eigenvalue weighted by Gasteiger charge is -2.08. The van der Waals surface area contributed by atoms with Crippen molar-refractivity contribution in [1.29, 1.82) is 0 Å². The number of H-pyrrole nitrogens is 1. The van der Waals surface area contributed by atoms with Crippen LogP contribution in [0, 0.1) is 6.92 Å². The Bertz CT molecular complexity index is 459. The van der Waals surface area contributed by atoms with E-state index in [1.54, 1.807) is 0 Å². The van der Waals surface area contributed by atoms with Gasteiger partial charge in [-0.1, -0.05) is 16.9 Å². The summed E-state index contributed by atoms with van der Waals surface area (Å²) in [5.41, 5.74) is 0.848. The van der Waals surface area contributed by atoms with Crippen molar-refractivity contribution in [2.75, 3.05) is 12.3 Å². The number of thioether (sulfide) groups is 1. The first kappa shape index (κ1) is 12.9. The maximum atomic E-state index is 11.7. The van der Waals surface area contributed by atoms with Crippen LogP contribution in [0.15, 0.2) is 10.3 Å². The van der Waals surface area contributed by atoms with Gasteiger partial charge in [0.25, 0.3) is 5.91 Å². The highest BCUT2D eigenvalue weighted by molar-refractivity contribution is 7.99. The van der Waals surface area contributed by atoms with E-state index in [0.717, 1.165) is 17.3 Å². The first-order valence-corrected chi connectivity index (χ1v) is 6.62. The molecule has 1 aliphatic rings. The number of aryl methyl sites for hydroxylation is 1. The van der Waals surface area contributed by atoms with Crippen molar-refractivity contribution >= 4 is 23.4 Å². The number of aromatic amines is 1. The minimum Gasteiger partial charge on any atom is -0.382 e. The average molecular weight is 269 g/mol. The molecule has 1 aliphatic heterocycles. The van der Waals surface area contributed by atoms with Crippen LogP contribution < -0.4 is 5.32 Å². The van der Waals surface area contributed by atoms with Gasteiger partial charge in [-0.2, -0.15) is 0 Å². The van der Waals surface area contributed by atoms with Gasteiger partial charge in [-0.05, 0) is 13.8 Å². The summed E-state index contributed by atoms with van der Waals surface area (Å²) in [4.78, 5) is 20.8. The average Bonchev–Trinajstić information content (AvgIpc) is 2.93. The predicted octanol–water partition coefficient (Wildman–Crippen LogP) is 0.486. The molecule has 98 valence electrons. The maximum absolute atomic E-state index is 11.7. The van der Waals surface area contributed by atoms with Crippen LogP contribution in [-0.4, -0.2) is 45.2 Å². The third-order valence-corrected chi connectivity index (χ3v) is 3.17. The van der Waals surface area contributed by atoms with Crippen LogP contribution in [0.5, 0.6) is 0 Å². The molecule has 0 aliphatic carbocycles. The number of carbonyl (C=O) groups excluding carboxylic acids is 1. The van der Waals surface area contributed by atoms with E-state index in [1.165, 1.54) is 11.8 Å². The molecule has 0 bridgehead atoms. The Hall–Kier alpha value is -1.57. The Kier molecular flexibility index (Phi) is 4.19. The molecule has 8 heteroatoms. The molecule has 0 saturated carbocycles.